The molecule has 27 heavy (non-hydrogen) atoms. The van der Waals surface area contributed by atoms with E-state index in [1.807, 2.05) is 5.38 Å². The number of carbonyl (C=O) groups excluding carboxylic acids is 1. The summed E-state index contributed by atoms with van der Waals surface area (Å²) in [4.78, 5) is 21.9. The van der Waals surface area contributed by atoms with Gasteiger partial charge in [0.1, 0.15) is 16.9 Å². The van der Waals surface area contributed by atoms with Crippen molar-refractivity contribution in [1.29, 1.82) is 0 Å². The normalized spacial score (nSPS) is 17.5. The average Bonchev–Trinajstić information content (AvgIpc) is 3.12. The van der Waals surface area contributed by atoms with Gasteiger partial charge in [0, 0.05) is 22.5 Å². The zero-order valence-corrected chi connectivity index (χ0v) is 17.7. The van der Waals surface area contributed by atoms with E-state index >= 15 is 0 Å². The van der Waals surface area contributed by atoms with Crippen molar-refractivity contribution in [3.05, 3.63) is 62.3 Å². The van der Waals surface area contributed by atoms with Crippen LogP contribution in [0.3, 0.4) is 0 Å². The van der Waals surface area contributed by atoms with Crippen molar-refractivity contribution in [2.75, 3.05) is 11.9 Å². The van der Waals surface area contributed by atoms with E-state index in [9.17, 15) is 9.18 Å². The Kier molecular flexibility index (Phi) is 6.78. The molecular weight excluding hydrogens is 455 g/mol. The zero-order valence-electron chi connectivity index (χ0n) is 14.5. The first kappa shape index (κ1) is 20.2. The molecule has 142 valence electrons. The van der Waals surface area contributed by atoms with E-state index in [0.29, 0.717) is 29.3 Å². The highest BCUT2D eigenvalue weighted by Gasteiger charge is 2.32. The summed E-state index contributed by atoms with van der Waals surface area (Å²) in [6.45, 7) is 1.99. The maximum absolute atomic E-state index is 14.1. The van der Waals surface area contributed by atoms with Gasteiger partial charge in [-0.3, -0.25) is 4.99 Å². The van der Waals surface area contributed by atoms with Crippen molar-refractivity contribution in [2.24, 2.45) is 4.99 Å². The molecule has 0 N–H and O–H groups in total. The van der Waals surface area contributed by atoms with E-state index in [-0.39, 0.29) is 11.6 Å². The van der Waals surface area contributed by atoms with E-state index in [1.165, 1.54) is 17.4 Å². The summed E-state index contributed by atoms with van der Waals surface area (Å²) in [7, 11) is 0. The highest BCUT2D eigenvalue weighted by atomic mass is 79.9. The monoisotopic (exact) mass is 470 g/mol. The van der Waals surface area contributed by atoms with Gasteiger partial charge in [0.15, 0.2) is 0 Å². The molecule has 0 spiro atoms. The fourth-order valence-electron chi connectivity index (χ4n) is 2.97. The van der Waals surface area contributed by atoms with E-state index in [0.717, 1.165) is 16.3 Å². The van der Waals surface area contributed by atoms with Gasteiger partial charge in [-0.2, -0.15) is 0 Å². The van der Waals surface area contributed by atoms with E-state index in [1.54, 1.807) is 25.3 Å². The Hall–Kier alpha value is -1.57. The number of ether oxygens (including phenoxy) is 1. The third-order valence-corrected chi connectivity index (χ3v) is 6.11. The predicted octanol–water partition coefficient (Wildman–Crippen LogP) is 5.51. The summed E-state index contributed by atoms with van der Waals surface area (Å²) in [6.07, 6.45) is 2.96. The second-order valence-corrected chi connectivity index (χ2v) is 7.66. The smallest absolute Gasteiger partial charge is 0.336 e. The van der Waals surface area contributed by atoms with Crippen molar-refractivity contribution >= 4 is 50.5 Å². The summed E-state index contributed by atoms with van der Waals surface area (Å²) in [5.41, 5.74) is 2.49. The SMILES string of the molecule is CCOC(=O)C1=C(CBr)CCC(c2nccs2)=N[C@H]1c1cccc(F)c1Cl. The summed E-state index contributed by atoms with van der Waals surface area (Å²) in [5.74, 6) is -1.01. The Balaban J connectivity index is 2.20. The highest BCUT2D eigenvalue weighted by molar-refractivity contribution is 9.09. The second-order valence-electron chi connectivity index (χ2n) is 5.83. The Morgan fingerprint density at radius 3 is 2.93 bits per heavy atom. The Morgan fingerprint density at radius 2 is 2.26 bits per heavy atom. The molecule has 0 radical (unpaired) electrons. The van der Waals surface area contributed by atoms with Crippen LogP contribution in [0, 0.1) is 5.82 Å². The maximum Gasteiger partial charge on any atom is 0.336 e. The van der Waals surface area contributed by atoms with Crippen LogP contribution in [0.2, 0.25) is 5.02 Å². The third kappa shape index (κ3) is 4.31. The van der Waals surface area contributed by atoms with Gasteiger partial charge in [-0.25, -0.2) is 14.2 Å². The van der Waals surface area contributed by atoms with Crippen LogP contribution >= 0.6 is 38.9 Å². The van der Waals surface area contributed by atoms with Crippen molar-refractivity contribution in [1.82, 2.24) is 4.98 Å². The molecular formula is C19H17BrClFN2O2S. The molecule has 0 bridgehead atoms. The lowest BCUT2D eigenvalue weighted by atomic mass is 9.94. The molecule has 0 fully saturated rings. The number of alkyl halides is 1. The molecule has 1 aliphatic heterocycles. The minimum Gasteiger partial charge on any atom is -0.463 e. The van der Waals surface area contributed by atoms with Crippen molar-refractivity contribution < 1.29 is 13.9 Å². The molecule has 8 heteroatoms. The molecule has 0 aliphatic carbocycles. The van der Waals surface area contributed by atoms with Crippen LogP contribution in [0.4, 0.5) is 4.39 Å². The Morgan fingerprint density at radius 1 is 1.44 bits per heavy atom. The molecule has 3 rings (SSSR count). The number of rotatable bonds is 5. The first-order valence-electron chi connectivity index (χ1n) is 8.42. The molecule has 0 unspecified atom stereocenters. The lowest BCUT2D eigenvalue weighted by Gasteiger charge is -2.19. The van der Waals surface area contributed by atoms with Gasteiger partial charge in [-0.05, 0) is 31.4 Å². The van der Waals surface area contributed by atoms with Gasteiger partial charge < -0.3 is 4.74 Å². The van der Waals surface area contributed by atoms with Crippen LogP contribution in [0.15, 0.2) is 45.9 Å². The minimum absolute atomic E-state index is 0.0395. The molecule has 0 amide bonds. The number of hydrogen-bond donors (Lipinski definition) is 0. The van der Waals surface area contributed by atoms with Crippen LogP contribution in [0.1, 0.15) is 36.4 Å². The van der Waals surface area contributed by atoms with Crippen molar-refractivity contribution in [3.63, 3.8) is 0 Å². The number of aliphatic imine (C=N–C) groups is 1. The van der Waals surface area contributed by atoms with Crippen LogP contribution in [0.5, 0.6) is 0 Å². The van der Waals surface area contributed by atoms with Gasteiger partial charge in [-0.15, -0.1) is 11.3 Å². The highest BCUT2D eigenvalue weighted by Crippen LogP contribution is 2.39. The Labute approximate surface area is 174 Å². The van der Waals surface area contributed by atoms with Gasteiger partial charge in [0.05, 0.1) is 22.9 Å². The quantitative estimate of drug-likeness (QED) is 0.426. The van der Waals surface area contributed by atoms with Gasteiger partial charge in [0.2, 0.25) is 0 Å². The number of allylic oxidation sites excluding steroid dienone is 1. The average molecular weight is 472 g/mol. The molecule has 1 aliphatic rings. The van der Waals surface area contributed by atoms with Gasteiger partial charge >= 0.3 is 5.97 Å². The maximum atomic E-state index is 14.1. The fourth-order valence-corrected chi connectivity index (χ4v) is 4.45. The molecule has 1 atom stereocenters. The number of aromatic nitrogens is 1. The summed E-state index contributed by atoms with van der Waals surface area (Å²) in [6, 6.07) is 3.79. The van der Waals surface area contributed by atoms with E-state index in [4.69, 9.17) is 21.3 Å². The molecule has 4 nitrogen and oxygen atoms in total. The van der Waals surface area contributed by atoms with Crippen molar-refractivity contribution in [2.45, 2.75) is 25.8 Å². The first-order chi connectivity index (χ1) is 13.1. The topological polar surface area (TPSA) is 51.5 Å². The van der Waals surface area contributed by atoms with Gasteiger partial charge in [-0.1, -0.05) is 39.7 Å². The lowest BCUT2D eigenvalue weighted by Crippen LogP contribution is -2.17. The summed E-state index contributed by atoms with van der Waals surface area (Å²) >= 11 is 11.2. The number of benzene rings is 1. The van der Waals surface area contributed by atoms with Crippen LogP contribution in [-0.2, 0) is 9.53 Å². The van der Waals surface area contributed by atoms with E-state index < -0.39 is 17.8 Å². The largest absolute Gasteiger partial charge is 0.463 e. The molecule has 0 saturated heterocycles. The minimum atomic E-state index is -0.749. The number of carbonyl (C=O) groups is 1. The lowest BCUT2D eigenvalue weighted by molar-refractivity contribution is -0.138. The summed E-state index contributed by atoms with van der Waals surface area (Å²) < 4.78 is 19.4. The van der Waals surface area contributed by atoms with Crippen LogP contribution < -0.4 is 0 Å². The van der Waals surface area contributed by atoms with E-state index in [2.05, 4.69) is 20.9 Å². The van der Waals surface area contributed by atoms with Crippen LogP contribution in [0.25, 0.3) is 0 Å². The number of thiazole rings is 1. The number of hydrogen-bond acceptors (Lipinski definition) is 5. The number of esters is 1. The van der Waals surface area contributed by atoms with Gasteiger partial charge in [0.25, 0.3) is 0 Å². The van der Waals surface area contributed by atoms with Crippen molar-refractivity contribution in [3.8, 4) is 0 Å². The molecule has 2 heterocycles. The van der Waals surface area contributed by atoms with Crippen LogP contribution in [-0.4, -0.2) is 28.6 Å². The molecule has 1 aromatic heterocycles. The molecule has 2 aromatic rings. The first-order valence-corrected chi connectivity index (χ1v) is 10.8. The second kappa shape index (κ2) is 9.08. The number of nitrogens with zero attached hydrogens (tertiary/aromatic N) is 2. The zero-order chi connectivity index (χ0) is 19.4. The Bertz CT molecular complexity index is 899. The standard InChI is InChI=1S/C19H17BrClFN2O2S/c1-2-26-19(25)15-11(10-20)6-7-14(18-23-8-9-27-18)24-17(15)12-4-3-5-13(22)16(12)21/h3-5,8-9,17H,2,6-7,10H2,1H3/t17-/m0/s1. The predicted molar refractivity (Wildman–Crippen MR) is 109 cm³/mol. The number of halogens is 3. The third-order valence-electron chi connectivity index (χ3n) is 4.21. The summed E-state index contributed by atoms with van der Waals surface area (Å²) in [5, 5.41) is 3.11. The fraction of sp³-hybridized carbons (Fsp3) is 0.316. The molecule has 1 aromatic carbocycles. The molecule has 0 saturated carbocycles.